The summed E-state index contributed by atoms with van der Waals surface area (Å²) in [6.45, 7) is 6.13. The molecule has 2 atom stereocenters. The van der Waals surface area contributed by atoms with Crippen molar-refractivity contribution in [2.75, 3.05) is 26.7 Å². The van der Waals surface area contributed by atoms with E-state index in [0.717, 1.165) is 6.04 Å². The summed E-state index contributed by atoms with van der Waals surface area (Å²) in [4.78, 5) is 2.55. The zero-order valence-electron chi connectivity index (χ0n) is 8.27. The molecule has 1 spiro atoms. The van der Waals surface area contributed by atoms with Crippen LogP contribution in [0.5, 0.6) is 0 Å². The molecule has 0 aromatic heterocycles. The van der Waals surface area contributed by atoms with Gasteiger partial charge in [-0.1, -0.05) is 6.92 Å². The third-order valence-electron chi connectivity index (χ3n) is 3.86. The first kappa shape index (κ1) is 8.52. The molecule has 2 saturated heterocycles. The number of likely N-dealkylation sites (tertiary alicyclic amines) is 1. The van der Waals surface area contributed by atoms with Crippen LogP contribution >= 0.6 is 0 Å². The Morgan fingerprint density at radius 2 is 2.33 bits per heavy atom. The van der Waals surface area contributed by atoms with Crippen LogP contribution in [0.2, 0.25) is 0 Å². The normalized spacial score (nSPS) is 43.0. The summed E-state index contributed by atoms with van der Waals surface area (Å²) >= 11 is 0. The molecule has 2 unspecified atom stereocenters. The van der Waals surface area contributed by atoms with Crippen LogP contribution in [0, 0.1) is 5.41 Å². The lowest BCUT2D eigenvalue weighted by Gasteiger charge is -2.32. The summed E-state index contributed by atoms with van der Waals surface area (Å²) < 4.78 is 0. The highest BCUT2D eigenvalue weighted by atomic mass is 15.2. The molecule has 12 heavy (non-hydrogen) atoms. The molecule has 2 fully saturated rings. The molecule has 2 rings (SSSR count). The Labute approximate surface area is 75.3 Å². The molecule has 2 aliphatic heterocycles. The molecule has 0 aromatic rings. The van der Waals surface area contributed by atoms with Gasteiger partial charge in [0, 0.05) is 18.0 Å². The van der Waals surface area contributed by atoms with Crippen LogP contribution in [0.3, 0.4) is 0 Å². The van der Waals surface area contributed by atoms with Crippen molar-refractivity contribution in [1.82, 2.24) is 10.2 Å². The van der Waals surface area contributed by atoms with E-state index >= 15 is 0 Å². The Balaban J connectivity index is 2.14. The van der Waals surface area contributed by atoms with Gasteiger partial charge in [0.15, 0.2) is 0 Å². The van der Waals surface area contributed by atoms with E-state index in [-0.39, 0.29) is 0 Å². The fraction of sp³-hybridized carbons (Fsp3) is 1.00. The minimum atomic E-state index is 0.642. The molecule has 2 heterocycles. The maximum absolute atomic E-state index is 3.51. The van der Waals surface area contributed by atoms with Crippen molar-refractivity contribution in [3.8, 4) is 0 Å². The lowest BCUT2D eigenvalue weighted by Crippen LogP contribution is -2.38. The van der Waals surface area contributed by atoms with Gasteiger partial charge in [0.25, 0.3) is 0 Å². The Hall–Kier alpha value is -0.0800. The predicted molar refractivity (Wildman–Crippen MR) is 51.2 cm³/mol. The zero-order chi connectivity index (χ0) is 8.60. The van der Waals surface area contributed by atoms with Gasteiger partial charge in [-0.25, -0.2) is 0 Å². The predicted octanol–water partition coefficient (Wildman–Crippen LogP) is 1.08. The molecule has 0 radical (unpaired) electrons. The zero-order valence-corrected chi connectivity index (χ0v) is 8.27. The topological polar surface area (TPSA) is 15.3 Å². The van der Waals surface area contributed by atoms with Crippen LogP contribution in [0.4, 0.5) is 0 Å². The lowest BCUT2D eigenvalue weighted by atomic mass is 9.78. The molecular weight excluding hydrogens is 148 g/mol. The molecule has 0 amide bonds. The monoisotopic (exact) mass is 168 g/mol. The second-order valence-corrected chi connectivity index (χ2v) is 4.44. The first-order valence-electron chi connectivity index (χ1n) is 5.19. The van der Waals surface area contributed by atoms with E-state index in [0.29, 0.717) is 5.41 Å². The second kappa shape index (κ2) is 3.00. The summed E-state index contributed by atoms with van der Waals surface area (Å²) in [6, 6.07) is 0.840. The number of nitrogens with zero attached hydrogens (tertiary/aromatic N) is 1. The lowest BCUT2D eigenvalue weighted by molar-refractivity contribution is 0.188. The fourth-order valence-corrected chi connectivity index (χ4v) is 3.19. The van der Waals surface area contributed by atoms with Gasteiger partial charge in [-0.15, -0.1) is 0 Å². The average molecular weight is 168 g/mol. The van der Waals surface area contributed by atoms with Gasteiger partial charge in [0.1, 0.15) is 0 Å². The van der Waals surface area contributed by atoms with Gasteiger partial charge in [-0.2, -0.15) is 0 Å². The highest BCUT2D eigenvalue weighted by Crippen LogP contribution is 2.42. The standard InChI is InChI=1S/C10H20N2/c1-3-9-10(4-6-11-8-10)5-7-12(9)2/h9,11H,3-8H2,1-2H3. The van der Waals surface area contributed by atoms with Crippen molar-refractivity contribution in [3.63, 3.8) is 0 Å². The third-order valence-corrected chi connectivity index (χ3v) is 3.86. The Bertz CT molecular complexity index is 161. The highest BCUT2D eigenvalue weighted by molar-refractivity contribution is 5.01. The number of hydrogen-bond acceptors (Lipinski definition) is 2. The largest absolute Gasteiger partial charge is 0.316 e. The minimum Gasteiger partial charge on any atom is -0.316 e. The average Bonchev–Trinajstić information content (AvgIpc) is 2.63. The maximum atomic E-state index is 3.51. The van der Waals surface area contributed by atoms with E-state index in [4.69, 9.17) is 0 Å². The van der Waals surface area contributed by atoms with E-state index in [9.17, 15) is 0 Å². The Kier molecular flexibility index (Phi) is 2.13. The second-order valence-electron chi connectivity index (χ2n) is 4.44. The van der Waals surface area contributed by atoms with Gasteiger partial charge in [-0.05, 0) is 39.4 Å². The number of nitrogens with one attached hydrogen (secondary N) is 1. The number of hydrogen-bond donors (Lipinski definition) is 1. The van der Waals surface area contributed by atoms with Gasteiger partial charge < -0.3 is 10.2 Å². The fourth-order valence-electron chi connectivity index (χ4n) is 3.19. The number of rotatable bonds is 1. The quantitative estimate of drug-likeness (QED) is 0.630. The minimum absolute atomic E-state index is 0.642. The highest BCUT2D eigenvalue weighted by Gasteiger charge is 2.46. The van der Waals surface area contributed by atoms with Crippen molar-refractivity contribution < 1.29 is 0 Å². The summed E-state index contributed by atoms with van der Waals surface area (Å²) in [5.41, 5.74) is 0.642. The molecule has 0 aliphatic carbocycles. The molecular formula is C10H20N2. The Morgan fingerprint density at radius 3 is 2.92 bits per heavy atom. The molecule has 0 saturated carbocycles. The van der Waals surface area contributed by atoms with Crippen molar-refractivity contribution in [2.45, 2.75) is 32.2 Å². The SMILES string of the molecule is CCC1N(C)CCC12CCNC2. The molecule has 0 aromatic carbocycles. The third kappa shape index (κ3) is 1.09. The smallest absolute Gasteiger partial charge is 0.0159 e. The molecule has 1 N–H and O–H groups in total. The van der Waals surface area contributed by atoms with E-state index in [1.165, 1.54) is 38.9 Å². The first-order valence-corrected chi connectivity index (χ1v) is 5.19. The summed E-state index contributed by atoms with van der Waals surface area (Å²) in [6.07, 6.45) is 4.13. The van der Waals surface area contributed by atoms with Gasteiger partial charge in [0.2, 0.25) is 0 Å². The van der Waals surface area contributed by atoms with E-state index in [2.05, 4.69) is 24.2 Å². The maximum Gasteiger partial charge on any atom is 0.0159 e. The molecule has 70 valence electrons. The molecule has 2 aliphatic rings. The van der Waals surface area contributed by atoms with Crippen LogP contribution in [0.1, 0.15) is 26.2 Å². The van der Waals surface area contributed by atoms with Crippen LogP contribution in [-0.4, -0.2) is 37.6 Å². The molecule has 0 bridgehead atoms. The van der Waals surface area contributed by atoms with E-state index < -0.39 is 0 Å². The van der Waals surface area contributed by atoms with Crippen LogP contribution < -0.4 is 5.32 Å². The molecule has 2 heteroatoms. The van der Waals surface area contributed by atoms with E-state index in [1.807, 2.05) is 0 Å². The van der Waals surface area contributed by atoms with Crippen molar-refractivity contribution in [2.24, 2.45) is 5.41 Å². The Morgan fingerprint density at radius 1 is 1.50 bits per heavy atom. The van der Waals surface area contributed by atoms with E-state index in [1.54, 1.807) is 0 Å². The van der Waals surface area contributed by atoms with Crippen LogP contribution in [0.15, 0.2) is 0 Å². The van der Waals surface area contributed by atoms with Gasteiger partial charge >= 0.3 is 0 Å². The van der Waals surface area contributed by atoms with Gasteiger partial charge in [0.05, 0.1) is 0 Å². The van der Waals surface area contributed by atoms with Crippen LogP contribution in [0.25, 0.3) is 0 Å². The molecule has 2 nitrogen and oxygen atoms in total. The van der Waals surface area contributed by atoms with Gasteiger partial charge in [-0.3, -0.25) is 0 Å². The van der Waals surface area contributed by atoms with Crippen molar-refractivity contribution in [3.05, 3.63) is 0 Å². The first-order chi connectivity index (χ1) is 5.78. The van der Waals surface area contributed by atoms with Crippen LogP contribution in [-0.2, 0) is 0 Å². The van der Waals surface area contributed by atoms with Crippen molar-refractivity contribution >= 4 is 0 Å². The summed E-state index contributed by atoms with van der Waals surface area (Å²) in [7, 11) is 2.28. The van der Waals surface area contributed by atoms with Crippen molar-refractivity contribution in [1.29, 1.82) is 0 Å². The summed E-state index contributed by atoms with van der Waals surface area (Å²) in [5, 5.41) is 3.51. The summed E-state index contributed by atoms with van der Waals surface area (Å²) in [5.74, 6) is 0.